The summed E-state index contributed by atoms with van der Waals surface area (Å²) in [7, 11) is 0. The number of aliphatic carboxylic acids is 3. The van der Waals surface area contributed by atoms with E-state index in [1.54, 1.807) is 39.0 Å². The van der Waals surface area contributed by atoms with E-state index in [0.29, 0.717) is 31.9 Å². The fourth-order valence-corrected chi connectivity index (χ4v) is 4.03. The van der Waals surface area contributed by atoms with Crippen molar-refractivity contribution in [3.05, 3.63) is 29.8 Å². The number of hydrogen-bond acceptors (Lipinski definition) is 9. The van der Waals surface area contributed by atoms with Gasteiger partial charge in [0.25, 0.3) is 0 Å². The van der Waals surface area contributed by atoms with E-state index in [1.165, 1.54) is 0 Å². The lowest BCUT2D eigenvalue weighted by Crippen LogP contribution is -2.47. The number of hydrogen-bond donors (Lipinski definition) is 4. The second-order valence-corrected chi connectivity index (χ2v) is 8.60. The van der Waals surface area contributed by atoms with Crippen LogP contribution >= 0.6 is 12.2 Å². The Kier molecular flexibility index (Phi) is 12.1. The van der Waals surface area contributed by atoms with Gasteiger partial charge in [-0.05, 0) is 36.3 Å². The summed E-state index contributed by atoms with van der Waals surface area (Å²) in [6, 6.07) is 6.10. The molecule has 1 fully saturated rings. The van der Waals surface area contributed by atoms with Crippen molar-refractivity contribution < 1.29 is 34.5 Å². The summed E-state index contributed by atoms with van der Waals surface area (Å²) in [4.78, 5) is 55.8. The summed E-state index contributed by atoms with van der Waals surface area (Å²) < 4.78 is 0. The van der Waals surface area contributed by atoms with E-state index >= 15 is 0 Å². The van der Waals surface area contributed by atoms with E-state index in [2.05, 4.69) is 27.7 Å². The molecule has 2 rings (SSSR count). The van der Waals surface area contributed by atoms with Crippen molar-refractivity contribution in [3.63, 3.8) is 0 Å². The normalized spacial score (nSPS) is 16.6. The van der Waals surface area contributed by atoms with Crippen LogP contribution in [0, 0.1) is 0 Å². The predicted octanol–water partition coefficient (Wildman–Crippen LogP) is 0.359. The van der Waals surface area contributed by atoms with E-state index in [4.69, 9.17) is 0 Å². The third-order valence-corrected chi connectivity index (χ3v) is 5.92. The zero-order valence-electron chi connectivity index (χ0n) is 19.8. The van der Waals surface area contributed by atoms with Gasteiger partial charge in [0, 0.05) is 52.2 Å². The Labute approximate surface area is 214 Å². The summed E-state index contributed by atoms with van der Waals surface area (Å²) in [6.07, 6.45) is 0.0415. The van der Waals surface area contributed by atoms with Crippen LogP contribution in [0.2, 0.25) is 0 Å². The maximum atomic E-state index is 12.4. The average Bonchev–Trinajstić information content (AvgIpc) is 2.90. The van der Waals surface area contributed by atoms with E-state index in [9.17, 15) is 34.5 Å². The molecular formula is C23H31N5O7S. The number of aliphatic imine (C=N–C) groups is 1. The molecule has 13 heteroatoms. The molecular weight excluding hydrogens is 490 g/mol. The van der Waals surface area contributed by atoms with Crippen molar-refractivity contribution >= 4 is 46.9 Å². The topological polar surface area (TPSA) is 163 Å². The molecule has 0 bridgehead atoms. The molecule has 0 saturated carbocycles. The largest absolute Gasteiger partial charge is 0.480 e. The van der Waals surface area contributed by atoms with Gasteiger partial charge in [0.05, 0.1) is 23.9 Å². The molecule has 196 valence electrons. The molecule has 1 atom stereocenters. The molecule has 1 aliphatic rings. The minimum Gasteiger partial charge on any atom is -0.480 e. The highest BCUT2D eigenvalue weighted by Gasteiger charge is 2.28. The molecule has 1 amide bonds. The number of carboxylic acids is 3. The minimum atomic E-state index is -1.09. The number of thiocarbonyl (C=S) groups is 1. The summed E-state index contributed by atoms with van der Waals surface area (Å²) >= 11 is 4.56. The second-order valence-electron chi connectivity index (χ2n) is 8.41. The fourth-order valence-electron chi connectivity index (χ4n) is 3.93. The van der Waals surface area contributed by atoms with E-state index in [0.717, 1.165) is 5.56 Å². The monoisotopic (exact) mass is 521 g/mol. The minimum absolute atomic E-state index is 0.0154. The van der Waals surface area contributed by atoms with Gasteiger partial charge < -0.3 is 20.6 Å². The van der Waals surface area contributed by atoms with Crippen LogP contribution in [0.3, 0.4) is 0 Å². The summed E-state index contributed by atoms with van der Waals surface area (Å²) in [5.41, 5.74) is 1.50. The van der Waals surface area contributed by atoms with Gasteiger partial charge in [-0.25, -0.2) is 0 Å². The lowest BCUT2D eigenvalue weighted by molar-refractivity contribution is -0.144. The van der Waals surface area contributed by atoms with Crippen molar-refractivity contribution in [2.45, 2.75) is 25.4 Å². The van der Waals surface area contributed by atoms with Crippen LogP contribution in [0.5, 0.6) is 0 Å². The molecule has 1 aliphatic heterocycles. The van der Waals surface area contributed by atoms with Gasteiger partial charge in [-0.15, -0.1) is 0 Å². The van der Waals surface area contributed by atoms with Crippen LogP contribution in [0.15, 0.2) is 29.3 Å². The molecule has 0 aromatic heterocycles. The van der Waals surface area contributed by atoms with Crippen LogP contribution in [-0.2, 0) is 25.7 Å². The van der Waals surface area contributed by atoms with Crippen molar-refractivity contribution in [2.75, 3.05) is 52.4 Å². The number of amides is 1. The third-order valence-electron chi connectivity index (χ3n) is 5.83. The Hall–Kier alpha value is -3.22. The van der Waals surface area contributed by atoms with Crippen molar-refractivity contribution in [3.8, 4) is 0 Å². The molecule has 12 nitrogen and oxygen atoms in total. The molecule has 0 aliphatic carbocycles. The standard InChI is InChI=1S/C23H31N5O7S/c29-20(24-13-17-1-3-18(4-2-17)25-16-36)6-5-19(23(34)35)28-11-9-26(14-21(30)31)7-8-27(10-12-28)15-22(32)33/h1-4,19H,5-15H2,(H,24,29)(H,30,31)(H,32,33)(H,34,35). The zero-order chi connectivity index (χ0) is 26.5. The van der Waals surface area contributed by atoms with Crippen LogP contribution in [0.25, 0.3) is 0 Å². The highest BCUT2D eigenvalue weighted by Crippen LogP contribution is 2.13. The van der Waals surface area contributed by atoms with Crippen LogP contribution in [0.1, 0.15) is 18.4 Å². The summed E-state index contributed by atoms with van der Waals surface area (Å²) in [5.74, 6) is -3.42. The summed E-state index contributed by atoms with van der Waals surface area (Å²) in [6.45, 7) is 1.71. The lowest BCUT2D eigenvalue weighted by atomic mass is 10.1. The first kappa shape index (κ1) is 29.0. The van der Waals surface area contributed by atoms with Gasteiger partial charge in [0.1, 0.15) is 6.04 Å². The van der Waals surface area contributed by atoms with Gasteiger partial charge in [-0.1, -0.05) is 12.1 Å². The molecule has 0 spiro atoms. The Balaban J connectivity index is 1.98. The van der Waals surface area contributed by atoms with Crippen molar-refractivity contribution in [1.82, 2.24) is 20.0 Å². The highest BCUT2D eigenvalue weighted by molar-refractivity contribution is 7.78. The van der Waals surface area contributed by atoms with Crippen LogP contribution in [-0.4, -0.2) is 117 Å². The number of isothiocyanates is 1. The smallest absolute Gasteiger partial charge is 0.320 e. The molecule has 1 heterocycles. The molecule has 1 aromatic carbocycles. The molecule has 1 unspecified atom stereocenters. The first-order valence-corrected chi connectivity index (χ1v) is 11.9. The van der Waals surface area contributed by atoms with Gasteiger partial charge in [0.15, 0.2) is 0 Å². The van der Waals surface area contributed by atoms with Gasteiger partial charge in [-0.2, -0.15) is 4.99 Å². The highest BCUT2D eigenvalue weighted by atomic mass is 32.1. The summed E-state index contributed by atoms with van der Waals surface area (Å²) in [5, 5.41) is 33.3. The molecule has 1 saturated heterocycles. The average molecular weight is 522 g/mol. The van der Waals surface area contributed by atoms with Crippen molar-refractivity contribution in [1.29, 1.82) is 0 Å². The molecule has 1 aromatic rings. The molecule has 0 radical (unpaired) electrons. The van der Waals surface area contributed by atoms with E-state index in [-0.39, 0.29) is 51.5 Å². The Bertz CT molecular complexity index is 940. The quantitative estimate of drug-likeness (QED) is 0.222. The number of nitrogens with zero attached hydrogens (tertiary/aromatic N) is 4. The second kappa shape index (κ2) is 15.0. The Morgan fingerprint density at radius 2 is 1.44 bits per heavy atom. The zero-order valence-corrected chi connectivity index (χ0v) is 20.7. The van der Waals surface area contributed by atoms with Crippen LogP contribution in [0.4, 0.5) is 5.69 Å². The molecule has 4 N–H and O–H groups in total. The van der Waals surface area contributed by atoms with E-state index < -0.39 is 23.9 Å². The Morgan fingerprint density at radius 3 is 1.92 bits per heavy atom. The van der Waals surface area contributed by atoms with E-state index in [1.807, 2.05) is 0 Å². The number of carbonyl (C=O) groups is 4. The maximum absolute atomic E-state index is 12.4. The number of carbonyl (C=O) groups excluding carboxylic acids is 1. The maximum Gasteiger partial charge on any atom is 0.320 e. The van der Waals surface area contributed by atoms with Gasteiger partial charge in [0.2, 0.25) is 5.91 Å². The first-order valence-electron chi connectivity index (χ1n) is 11.5. The van der Waals surface area contributed by atoms with Crippen LogP contribution < -0.4 is 5.32 Å². The number of benzene rings is 1. The number of nitrogens with one attached hydrogen (secondary N) is 1. The van der Waals surface area contributed by atoms with Crippen molar-refractivity contribution in [2.24, 2.45) is 4.99 Å². The number of rotatable bonds is 12. The predicted molar refractivity (Wildman–Crippen MR) is 133 cm³/mol. The van der Waals surface area contributed by atoms with Gasteiger partial charge >= 0.3 is 17.9 Å². The van der Waals surface area contributed by atoms with Gasteiger partial charge in [-0.3, -0.25) is 33.9 Å². The Morgan fingerprint density at radius 1 is 0.917 bits per heavy atom. The first-order chi connectivity index (χ1) is 17.2. The third kappa shape index (κ3) is 10.6. The number of carboxylic acid groups (broad SMARTS) is 3. The fraction of sp³-hybridized carbons (Fsp3) is 0.522. The SMILES string of the molecule is O=C(O)CN1CCN(CC(=O)O)CCN(C(CCC(=O)NCc2ccc(N=C=S)cc2)C(=O)O)CC1. The lowest BCUT2D eigenvalue weighted by Gasteiger charge is -2.30. The molecule has 36 heavy (non-hydrogen) atoms.